The van der Waals surface area contributed by atoms with E-state index >= 15 is 0 Å². The van der Waals surface area contributed by atoms with Crippen molar-refractivity contribution < 1.29 is 23.8 Å². The molecule has 7 nitrogen and oxygen atoms in total. The first kappa shape index (κ1) is 25.7. The molecule has 1 aliphatic heterocycles. The van der Waals surface area contributed by atoms with E-state index in [1.807, 2.05) is 31.2 Å². The summed E-state index contributed by atoms with van der Waals surface area (Å²) in [5, 5.41) is 3.58. The monoisotopic (exact) mass is 528 g/mol. The Kier molecular flexibility index (Phi) is 8.57. The molecule has 1 heterocycles. The Morgan fingerprint density at radius 3 is 2.72 bits per heavy atom. The highest BCUT2D eigenvalue weighted by molar-refractivity contribution is 6.35. The average molecular weight is 529 g/mol. The third-order valence-corrected chi connectivity index (χ3v) is 6.00. The quantitative estimate of drug-likeness (QED) is 0.331. The molecule has 0 aromatic heterocycles. The molecule has 0 fully saturated rings. The highest BCUT2D eigenvalue weighted by Gasteiger charge is 2.25. The van der Waals surface area contributed by atoms with Gasteiger partial charge in [0.2, 0.25) is 0 Å². The van der Waals surface area contributed by atoms with Crippen LogP contribution in [0.5, 0.6) is 17.2 Å². The third kappa shape index (κ3) is 6.83. The first-order valence-corrected chi connectivity index (χ1v) is 12.3. The van der Waals surface area contributed by atoms with Crippen LogP contribution in [0.4, 0.5) is 11.4 Å². The SMILES string of the molecule is Cc1cccc(OCCCCN2C(=O)COc3ccc(NC(=O)COc4ccc(Cl)cc4Cl)cc32)c1. The van der Waals surface area contributed by atoms with Gasteiger partial charge in [0.1, 0.15) is 17.2 Å². The number of aryl methyl sites for hydroxylation is 1. The molecular weight excluding hydrogens is 503 g/mol. The molecule has 0 bridgehead atoms. The Bertz CT molecular complexity index is 1250. The van der Waals surface area contributed by atoms with E-state index in [9.17, 15) is 9.59 Å². The fourth-order valence-corrected chi connectivity index (χ4v) is 4.19. The number of benzene rings is 3. The van der Waals surface area contributed by atoms with Gasteiger partial charge in [0.25, 0.3) is 11.8 Å². The fourth-order valence-electron chi connectivity index (χ4n) is 3.72. The summed E-state index contributed by atoms with van der Waals surface area (Å²) in [6, 6.07) is 17.9. The Balaban J connectivity index is 1.31. The Morgan fingerprint density at radius 1 is 1.06 bits per heavy atom. The second-order valence-corrected chi connectivity index (χ2v) is 9.14. The van der Waals surface area contributed by atoms with Crippen molar-refractivity contribution in [2.75, 3.05) is 36.6 Å². The fraction of sp³-hybridized carbons (Fsp3) is 0.259. The molecule has 0 radical (unpaired) electrons. The number of fused-ring (bicyclic) bond motifs is 1. The van der Waals surface area contributed by atoms with E-state index in [0.717, 1.165) is 24.2 Å². The van der Waals surface area contributed by atoms with E-state index in [4.69, 9.17) is 37.4 Å². The van der Waals surface area contributed by atoms with Crippen LogP contribution in [0.3, 0.4) is 0 Å². The predicted molar refractivity (Wildman–Crippen MR) is 141 cm³/mol. The smallest absolute Gasteiger partial charge is 0.265 e. The lowest BCUT2D eigenvalue weighted by Crippen LogP contribution is -2.39. The van der Waals surface area contributed by atoms with Gasteiger partial charge in [-0.3, -0.25) is 9.59 Å². The minimum Gasteiger partial charge on any atom is -0.494 e. The Labute approximate surface area is 219 Å². The van der Waals surface area contributed by atoms with Crippen molar-refractivity contribution in [2.45, 2.75) is 19.8 Å². The molecule has 3 aromatic rings. The molecule has 1 aliphatic rings. The molecule has 0 atom stereocenters. The zero-order chi connectivity index (χ0) is 25.5. The van der Waals surface area contributed by atoms with Crippen molar-refractivity contribution >= 4 is 46.4 Å². The maximum atomic E-state index is 12.6. The van der Waals surface area contributed by atoms with E-state index in [-0.39, 0.29) is 25.0 Å². The number of hydrogen-bond acceptors (Lipinski definition) is 5. The van der Waals surface area contributed by atoms with Gasteiger partial charge in [-0.25, -0.2) is 0 Å². The predicted octanol–water partition coefficient (Wildman–Crippen LogP) is 5.90. The number of anilines is 2. The van der Waals surface area contributed by atoms with Crippen LogP contribution in [0.25, 0.3) is 0 Å². The third-order valence-electron chi connectivity index (χ3n) is 5.47. The topological polar surface area (TPSA) is 77.1 Å². The van der Waals surface area contributed by atoms with Crippen molar-refractivity contribution in [3.8, 4) is 17.2 Å². The summed E-state index contributed by atoms with van der Waals surface area (Å²) in [7, 11) is 0. The highest BCUT2D eigenvalue weighted by atomic mass is 35.5. The van der Waals surface area contributed by atoms with Gasteiger partial charge < -0.3 is 24.4 Å². The molecule has 9 heteroatoms. The van der Waals surface area contributed by atoms with Gasteiger partial charge in [0, 0.05) is 17.3 Å². The number of ether oxygens (including phenoxy) is 3. The van der Waals surface area contributed by atoms with Crippen LogP contribution in [-0.4, -0.2) is 38.2 Å². The van der Waals surface area contributed by atoms with Crippen molar-refractivity contribution in [1.82, 2.24) is 0 Å². The number of unbranched alkanes of at least 4 members (excludes halogenated alkanes) is 1. The minimum atomic E-state index is -0.371. The summed E-state index contributed by atoms with van der Waals surface area (Å²) in [5.74, 6) is 1.28. The van der Waals surface area contributed by atoms with Gasteiger partial charge in [-0.15, -0.1) is 0 Å². The van der Waals surface area contributed by atoms with Crippen LogP contribution in [0.15, 0.2) is 60.7 Å². The Morgan fingerprint density at radius 2 is 1.92 bits per heavy atom. The van der Waals surface area contributed by atoms with Gasteiger partial charge in [-0.1, -0.05) is 35.3 Å². The van der Waals surface area contributed by atoms with Gasteiger partial charge >= 0.3 is 0 Å². The van der Waals surface area contributed by atoms with E-state index in [1.165, 1.54) is 0 Å². The van der Waals surface area contributed by atoms with Gasteiger partial charge in [0.05, 0.1) is 17.3 Å². The minimum absolute atomic E-state index is 0.0197. The van der Waals surface area contributed by atoms with Gasteiger partial charge in [-0.2, -0.15) is 0 Å². The summed E-state index contributed by atoms with van der Waals surface area (Å²) >= 11 is 12.0. The molecule has 4 rings (SSSR count). The standard InChI is InChI=1S/C27H26Cl2N2O5/c1-18-5-4-6-21(13-18)34-12-3-2-11-31-23-15-20(8-10-25(23)36-17-27(31)33)30-26(32)16-35-24-9-7-19(28)14-22(24)29/h4-10,13-15H,2-3,11-12,16-17H2,1H3,(H,30,32). The van der Waals surface area contributed by atoms with Crippen LogP contribution in [0, 0.1) is 6.92 Å². The van der Waals surface area contributed by atoms with Crippen molar-refractivity contribution in [3.05, 3.63) is 76.3 Å². The largest absolute Gasteiger partial charge is 0.494 e. The van der Waals surface area contributed by atoms with Crippen LogP contribution in [0.1, 0.15) is 18.4 Å². The van der Waals surface area contributed by atoms with Crippen molar-refractivity contribution in [1.29, 1.82) is 0 Å². The number of hydrogen-bond donors (Lipinski definition) is 1. The number of nitrogens with zero attached hydrogens (tertiary/aromatic N) is 1. The maximum absolute atomic E-state index is 12.6. The molecule has 0 unspecified atom stereocenters. The molecule has 1 N–H and O–H groups in total. The summed E-state index contributed by atoms with van der Waals surface area (Å²) < 4.78 is 16.9. The lowest BCUT2D eigenvalue weighted by molar-refractivity contribution is -0.121. The lowest BCUT2D eigenvalue weighted by atomic mass is 10.2. The molecule has 188 valence electrons. The summed E-state index contributed by atoms with van der Waals surface area (Å²) in [4.78, 5) is 26.7. The second-order valence-electron chi connectivity index (χ2n) is 8.30. The zero-order valence-electron chi connectivity index (χ0n) is 19.8. The van der Waals surface area contributed by atoms with E-state index in [2.05, 4.69) is 5.32 Å². The number of carbonyl (C=O) groups excluding carboxylic acids is 2. The number of amides is 2. The van der Waals surface area contributed by atoms with Crippen LogP contribution in [0.2, 0.25) is 10.0 Å². The van der Waals surface area contributed by atoms with E-state index in [0.29, 0.717) is 46.1 Å². The molecule has 0 saturated heterocycles. The second kappa shape index (κ2) is 12.0. The van der Waals surface area contributed by atoms with Gasteiger partial charge in [0.15, 0.2) is 13.2 Å². The van der Waals surface area contributed by atoms with Gasteiger partial charge in [-0.05, 0) is 73.9 Å². The molecule has 0 spiro atoms. The zero-order valence-corrected chi connectivity index (χ0v) is 21.3. The number of halogens is 2. The molecular formula is C27H26Cl2N2O5. The molecule has 0 saturated carbocycles. The summed E-state index contributed by atoms with van der Waals surface area (Å²) in [6.45, 7) is 2.84. The molecule has 2 amide bonds. The van der Waals surface area contributed by atoms with Crippen molar-refractivity contribution in [3.63, 3.8) is 0 Å². The van der Waals surface area contributed by atoms with Crippen molar-refractivity contribution in [2.24, 2.45) is 0 Å². The Hall–Kier alpha value is -3.42. The maximum Gasteiger partial charge on any atom is 0.265 e. The van der Waals surface area contributed by atoms with Crippen LogP contribution in [-0.2, 0) is 9.59 Å². The normalized spacial score (nSPS) is 12.5. The molecule has 3 aromatic carbocycles. The lowest BCUT2D eigenvalue weighted by Gasteiger charge is -2.30. The molecule has 36 heavy (non-hydrogen) atoms. The number of rotatable bonds is 10. The van der Waals surface area contributed by atoms with Crippen LogP contribution < -0.4 is 24.4 Å². The summed E-state index contributed by atoms with van der Waals surface area (Å²) in [5.41, 5.74) is 2.28. The van der Waals surface area contributed by atoms with E-state index < -0.39 is 0 Å². The first-order chi connectivity index (χ1) is 17.4. The summed E-state index contributed by atoms with van der Waals surface area (Å²) in [6.07, 6.45) is 1.54. The van der Waals surface area contributed by atoms with Crippen LogP contribution >= 0.6 is 23.2 Å². The first-order valence-electron chi connectivity index (χ1n) is 11.5. The number of carbonyl (C=O) groups is 2. The highest BCUT2D eigenvalue weighted by Crippen LogP contribution is 2.35. The molecule has 0 aliphatic carbocycles. The van der Waals surface area contributed by atoms with E-state index in [1.54, 1.807) is 41.3 Å². The number of nitrogens with one attached hydrogen (secondary N) is 1. The average Bonchev–Trinajstić information content (AvgIpc) is 2.84.